The Morgan fingerprint density at radius 3 is 1.59 bits per heavy atom. The molecule has 0 bridgehead atoms. The van der Waals surface area contributed by atoms with Gasteiger partial charge in [0.15, 0.2) is 0 Å². The van der Waals surface area contributed by atoms with Gasteiger partial charge in [0, 0.05) is 10.4 Å². The van der Waals surface area contributed by atoms with Gasteiger partial charge in [0.05, 0.1) is 13.2 Å². The molecule has 2 atom stereocenters. The van der Waals surface area contributed by atoms with Gasteiger partial charge in [-0.25, -0.2) is 4.57 Å². The Hall–Kier alpha value is 0.850. The van der Waals surface area contributed by atoms with E-state index in [9.17, 15) is 4.57 Å². The summed E-state index contributed by atoms with van der Waals surface area (Å²) in [6.45, 7) is 6.47. The van der Waals surface area contributed by atoms with Crippen molar-refractivity contribution in [3.63, 3.8) is 0 Å². The minimum absolute atomic E-state index is 0.445. The molecule has 0 rings (SSSR count). The Morgan fingerprint density at radius 2 is 1.32 bits per heavy atom. The van der Waals surface area contributed by atoms with Gasteiger partial charge in [-0.2, -0.15) is 0 Å². The molecule has 2 unspecified atom stereocenters. The molecule has 0 saturated carbocycles. The van der Waals surface area contributed by atoms with Crippen LogP contribution in [0.1, 0.15) is 79.1 Å². The second kappa shape index (κ2) is 14.2. The van der Waals surface area contributed by atoms with E-state index in [0.717, 1.165) is 36.1 Å². The number of hydrogen-bond acceptors (Lipinski definition) is 4. The number of rotatable bonds is 15. The van der Waals surface area contributed by atoms with Gasteiger partial charge < -0.3 is 0 Å². The third kappa shape index (κ3) is 10.6. The Labute approximate surface area is 146 Å². The molecule has 133 valence electrons. The lowest BCUT2D eigenvalue weighted by Crippen LogP contribution is -2.11. The van der Waals surface area contributed by atoms with E-state index in [4.69, 9.17) is 20.7 Å². The minimum Gasteiger partial charge on any atom is -0.300 e. The van der Waals surface area contributed by atoms with Crippen LogP contribution in [0, 0.1) is 11.8 Å². The summed E-state index contributed by atoms with van der Waals surface area (Å²) in [6, 6.07) is 0. The van der Waals surface area contributed by atoms with Crippen LogP contribution in [-0.2, 0) is 13.6 Å². The Kier molecular flexibility index (Phi) is 14.8. The van der Waals surface area contributed by atoms with Crippen molar-refractivity contribution in [3.8, 4) is 0 Å². The van der Waals surface area contributed by atoms with Gasteiger partial charge in [0.2, 0.25) is 0 Å². The molecule has 0 aliphatic heterocycles. The average Bonchev–Trinajstić information content (AvgIpc) is 2.55. The molecule has 3 nitrogen and oxygen atoms in total. The van der Waals surface area contributed by atoms with E-state index in [1.807, 2.05) is 0 Å². The maximum absolute atomic E-state index is 12.6. The van der Waals surface area contributed by atoms with Gasteiger partial charge in [0.25, 0.3) is 0 Å². The third-order valence-corrected chi connectivity index (χ3v) is 8.05. The summed E-state index contributed by atoms with van der Waals surface area (Å²) in [6.07, 6.45) is 9.02. The monoisotopic (exact) mass is 369 g/mol. The smallest absolute Gasteiger partial charge is 0.300 e. The first-order chi connectivity index (χ1) is 10.5. The lowest BCUT2D eigenvalue weighted by Gasteiger charge is -2.22. The maximum atomic E-state index is 12.6. The van der Waals surface area contributed by atoms with Crippen LogP contribution in [0.5, 0.6) is 0 Å². The summed E-state index contributed by atoms with van der Waals surface area (Å²) in [5.74, 6) is 0.891. The molecule has 0 heterocycles. The van der Waals surface area contributed by atoms with Gasteiger partial charge in [-0.3, -0.25) is 9.05 Å². The van der Waals surface area contributed by atoms with Gasteiger partial charge >= 0.3 is 6.80 Å². The molecule has 0 fully saturated rings. The highest BCUT2D eigenvalue weighted by Gasteiger charge is 2.27. The molecule has 0 N–H and O–H groups in total. The zero-order chi connectivity index (χ0) is 16.8. The van der Waals surface area contributed by atoms with E-state index in [0.29, 0.717) is 25.0 Å². The van der Waals surface area contributed by atoms with Crippen LogP contribution >= 0.6 is 28.9 Å². The minimum atomic E-state index is -3.17. The summed E-state index contributed by atoms with van der Waals surface area (Å²) < 4.78 is 23.8. The molecule has 0 aromatic rings. The van der Waals surface area contributed by atoms with Gasteiger partial charge in [0.1, 0.15) is 0 Å². The van der Waals surface area contributed by atoms with Crippen molar-refractivity contribution in [1.29, 1.82) is 0 Å². The highest BCUT2D eigenvalue weighted by atomic mass is 33.3. The molecule has 0 saturated heterocycles. The van der Waals surface area contributed by atoms with Crippen molar-refractivity contribution in [1.82, 2.24) is 0 Å². The first-order valence-corrected chi connectivity index (χ1v) is 12.6. The molecule has 0 spiro atoms. The van der Waals surface area contributed by atoms with E-state index >= 15 is 0 Å². The summed E-state index contributed by atoms with van der Waals surface area (Å²) in [7, 11) is 0.819. The van der Waals surface area contributed by atoms with Crippen LogP contribution in [0.3, 0.4) is 0 Å². The number of unbranched alkanes of at least 4 members (excludes halogenated alkanes) is 2. The average molecular weight is 370 g/mol. The Bertz CT molecular complexity index is 279. The zero-order valence-electron chi connectivity index (χ0n) is 14.7. The lowest BCUT2D eigenvalue weighted by atomic mass is 10.0. The van der Waals surface area contributed by atoms with Crippen molar-refractivity contribution in [2.75, 3.05) is 13.2 Å². The van der Waals surface area contributed by atoms with Crippen molar-refractivity contribution >= 4 is 28.9 Å². The molecular formula is C16H34O3PS2. The fraction of sp³-hybridized carbons (Fsp3) is 1.00. The molecule has 1 radical (unpaired) electrons. The van der Waals surface area contributed by atoms with Gasteiger partial charge in [-0.1, -0.05) is 66.2 Å². The van der Waals surface area contributed by atoms with E-state index in [-0.39, 0.29) is 0 Å². The van der Waals surface area contributed by atoms with Crippen molar-refractivity contribution in [3.05, 3.63) is 0 Å². The first-order valence-electron chi connectivity index (χ1n) is 8.75. The van der Waals surface area contributed by atoms with Crippen LogP contribution in [0.15, 0.2) is 0 Å². The maximum Gasteiger partial charge on any atom is 0.400 e. The normalized spacial score (nSPS) is 17.1. The molecule has 22 heavy (non-hydrogen) atoms. The van der Waals surface area contributed by atoms with Crippen LogP contribution in [0.2, 0.25) is 0 Å². The standard InChI is InChI=1S/C16H34O3PS2/c1-5-9-11-15(7-3)13-18-20(17,22-21)19-14-16(8-4)12-10-6-2/h15-16H,5-14H2,1-4H3. The number of hydrogen-bond donors (Lipinski definition) is 0. The van der Waals surface area contributed by atoms with Crippen LogP contribution < -0.4 is 0 Å². The van der Waals surface area contributed by atoms with Crippen molar-refractivity contribution < 1.29 is 13.6 Å². The largest absolute Gasteiger partial charge is 0.400 e. The fourth-order valence-electron chi connectivity index (χ4n) is 2.27. The van der Waals surface area contributed by atoms with E-state index < -0.39 is 6.80 Å². The molecule has 0 aliphatic carbocycles. The molecule has 6 heteroatoms. The summed E-state index contributed by atoms with van der Waals surface area (Å²) >= 11 is 4.94. The predicted octanol–water partition coefficient (Wildman–Crippen LogP) is 7.41. The second-order valence-corrected chi connectivity index (χ2v) is 10.6. The van der Waals surface area contributed by atoms with Crippen molar-refractivity contribution in [2.45, 2.75) is 79.1 Å². The van der Waals surface area contributed by atoms with Gasteiger partial charge in [-0.15, -0.1) is 0 Å². The van der Waals surface area contributed by atoms with Gasteiger partial charge in [-0.05, 0) is 36.3 Å². The lowest BCUT2D eigenvalue weighted by molar-refractivity contribution is 0.163. The van der Waals surface area contributed by atoms with Crippen LogP contribution in [-0.4, -0.2) is 13.2 Å². The highest BCUT2D eigenvalue weighted by Crippen LogP contribution is 2.63. The molecular weight excluding hydrogens is 335 g/mol. The quantitative estimate of drug-likeness (QED) is 0.222. The molecule has 0 aliphatic rings. The zero-order valence-corrected chi connectivity index (χ0v) is 17.2. The Balaban J connectivity index is 4.29. The molecule has 0 aromatic heterocycles. The van der Waals surface area contributed by atoms with E-state index in [1.54, 1.807) is 0 Å². The Morgan fingerprint density at radius 1 is 0.909 bits per heavy atom. The van der Waals surface area contributed by atoms with E-state index in [1.165, 1.54) is 25.7 Å². The topological polar surface area (TPSA) is 35.5 Å². The highest BCUT2D eigenvalue weighted by molar-refractivity contribution is 8.93. The fourth-order valence-corrected chi connectivity index (χ4v) is 4.62. The summed E-state index contributed by atoms with van der Waals surface area (Å²) in [5, 5.41) is 0. The second-order valence-electron chi connectivity index (χ2n) is 5.95. The van der Waals surface area contributed by atoms with Crippen molar-refractivity contribution in [2.24, 2.45) is 11.8 Å². The molecule has 0 amide bonds. The third-order valence-electron chi connectivity index (χ3n) is 4.11. The molecule has 0 aromatic carbocycles. The van der Waals surface area contributed by atoms with Crippen LogP contribution in [0.25, 0.3) is 0 Å². The summed E-state index contributed by atoms with van der Waals surface area (Å²) in [5.41, 5.74) is 0. The first kappa shape index (κ1) is 22.9. The SMILES string of the molecule is CCCCC(CC)COP(=O)(OCC(CC)CCCC)S[S]. The van der Waals surface area contributed by atoms with E-state index in [2.05, 4.69) is 27.7 Å². The summed E-state index contributed by atoms with van der Waals surface area (Å²) in [4.78, 5) is 0. The van der Waals surface area contributed by atoms with Crippen LogP contribution in [0.4, 0.5) is 0 Å². The predicted molar refractivity (Wildman–Crippen MR) is 101 cm³/mol.